The zero-order valence-electron chi connectivity index (χ0n) is 11.4. The van der Waals surface area contributed by atoms with Gasteiger partial charge in [0, 0.05) is 12.6 Å². The number of anilines is 1. The monoisotopic (exact) mass is 313 g/mol. The third-order valence-corrected chi connectivity index (χ3v) is 3.98. The molecule has 1 fully saturated rings. The number of halogens is 2. The first kappa shape index (κ1) is 14.2. The van der Waals surface area contributed by atoms with E-state index < -0.39 is 5.82 Å². The molecule has 1 aliphatic carbocycles. The summed E-state index contributed by atoms with van der Waals surface area (Å²) in [6.07, 6.45) is 2.40. The van der Waals surface area contributed by atoms with Crippen LogP contribution >= 0.6 is 11.6 Å². The number of hydrogen-bond donors (Lipinski definition) is 3. The Balaban J connectivity index is 2.11. The summed E-state index contributed by atoms with van der Waals surface area (Å²) >= 11 is 5.93. The van der Waals surface area contributed by atoms with E-state index in [2.05, 4.69) is 15.5 Å². The Morgan fingerprint density at radius 2 is 2.33 bits per heavy atom. The molecule has 0 spiro atoms. The van der Waals surface area contributed by atoms with Crippen molar-refractivity contribution in [3.8, 4) is 5.75 Å². The zero-order chi connectivity index (χ0) is 15.0. The van der Waals surface area contributed by atoms with Crippen molar-refractivity contribution in [1.82, 2.24) is 5.53 Å². The van der Waals surface area contributed by atoms with Crippen LogP contribution in [0.4, 0.5) is 10.1 Å². The fourth-order valence-electron chi connectivity index (χ4n) is 2.55. The van der Waals surface area contributed by atoms with Crippen molar-refractivity contribution in [2.45, 2.75) is 12.8 Å². The second kappa shape index (κ2) is 5.57. The van der Waals surface area contributed by atoms with Crippen LogP contribution in [0.1, 0.15) is 18.4 Å². The lowest BCUT2D eigenvalue weighted by molar-refractivity contribution is 0.305. The first-order chi connectivity index (χ1) is 10.1. The summed E-state index contributed by atoms with van der Waals surface area (Å²) in [6.45, 7) is 2.07. The molecule has 3 rings (SSSR count). The van der Waals surface area contributed by atoms with Gasteiger partial charge in [-0.1, -0.05) is 11.6 Å². The van der Waals surface area contributed by atoms with Crippen LogP contribution in [0.2, 0.25) is 5.02 Å². The molecule has 0 radical (unpaired) electrons. The van der Waals surface area contributed by atoms with Crippen molar-refractivity contribution < 1.29 is 9.13 Å². The van der Waals surface area contributed by atoms with E-state index in [4.69, 9.17) is 27.9 Å². The van der Waals surface area contributed by atoms with Gasteiger partial charge in [0.15, 0.2) is 11.7 Å². The third kappa shape index (κ3) is 2.71. The van der Waals surface area contributed by atoms with Gasteiger partial charge in [-0.2, -0.15) is 0 Å². The number of nitrogens with zero attached hydrogens (tertiary/aromatic N) is 2. The van der Waals surface area contributed by atoms with Crippen molar-refractivity contribution >= 4 is 23.1 Å². The first-order valence-corrected chi connectivity index (χ1v) is 7.18. The van der Waals surface area contributed by atoms with Gasteiger partial charge in [-0.25, -0.2) is 15.8 Å². The van der Waals surface area contributed by atoms with Gasteiger partial charge in [0.1, 0.15) is 12.4 Å². The smallest absolute Gasteiger partial charge is 0.157 e. The number of rotatable bonds is 4. The third-order valence-electron chi connectivity index (χ3n) is 3.71. The molecule has 8 heteroatoms. The number of hydrazine groups is 1. The molecule has 5 N–H and O–H groups in total. The lowest BCUT2D eigenvalue weighted by Gasteiger charge is -2.33. The van der Waals surface area contributed by atoms with Crippen LogP contribution in [-0.4, -0.2) is 25.5 Å². The molecule has 0 aromatic heterocycles. The Hall–Kier alpha value is -1.73. The molecule has 21 heavy (non-hydrogen) atoms. The van der Waals surface area contributed by atoms with Crippen molar-refractivity contribution in [3.05, 3.63) is 22.5 Å². The number of benzene rings is 1. The molecule has 1 aliphatic heterocycles. The predicted molar refractivity (Wildman–Crippen MR) is 79.9 cm³/mol. The van der Waals surface area contributed by atoms with Crippen LogP contribution in [0.15, 0.2) is 11.2 Å². The van der Waals surface area contributed by atoms with E-state index in [1.807, 2.05) is 0 Å². The maximum atomic E-state index is 14.4. The standard InChI is InChI=1S/C13H17ClFN5O/c14-8-5-9-12(10(11(8)15)13(16)18-19-17)20(3-4-21-9)6-7-1-2-7/h5,7,19H,1-4,6,17H2,(H2,16,18). The molecule has 1 aromatic rings. The van der Waals surface area contributed by atoms with Gasteiger partial charge >= 0.3 is 0 Å². The summed E-state index contributed by atoms with van der Waals surface area (Å²) in [5.74, 6) is 5.64. The van der Waals surface area contributed by atoms with Gasteiger partial charge in [-0.3, -0.25) is 0 Å². The fraction of sp³-hybridized carbons (Fsp3) is 0.462. The van der Waals surface area contributed by atoms with Crippen LogP contribution in [0.3, 0.4) is 0 Å². The van der Waals surface area contributed by atoms with Gasteiger partial charge in [0.05, 0.1) is 22.8 Å². The van der Waals surface area contributed by atoms with Gasteiger partial charge < -0.3 is 15.4 Å². The molecule has 2 aliphatic rings. The van der Waals surface area contributed by atoms with Crippen molar-refractivity contribution in [2.75, 3.05) is 24.6 Å². The molecule has 6 nitrogen and oxygen atoms in total. The molecule has 0 saturated heterocycles. The highest BCUT2D eigenvalue weighted by atomic mass is 35.5. The van der Waals surface area contributed by atoms with E-state index >= 15 is 0 Å². The Kier molecular flexibility index (Phi) is 3.77. The quantitative estimate of drug-likeness (QED) is 0.336. The van der Waals surface area contributed by atoms with Crippen LogP contribution in [0.5, 0.6) is 5.75 Å². The number of nitrogens with one attached hydrogen (secondary N) is 1. The second-order valence-electron chi connectivity index (χ2n) is 5.26. The van der Waals surface area contributed by atoms with E-state index in [9.17, 15) is 4.39 Å². The lowest BCUT2D eigenvalue weighted by Crippen LogP contribution is -2.37. The average Bonchev–Trinajstić information content (AvgIpc) is 3.25. The Morgan fingerprint density at radius 3 is 3.00 bits per heavy atom. The minimum Gasteiger partial charge on any atom is -0.489 e. The number of nitrogens with two attached hydrogens (primary N) is 2. The highest BCUT2D eigenvalue weighted by Gasteiger charge is 2.32. The summed E-state index contributed by atoms with van der Waals surface area (Å²) in [4.78, 5) is 2.09. The molecule has 1 aromatic carbocycles. The number of hydrazone groups is 1. The molecule has 0 amide bonds. The minimum absolute atomic E-state index is 0.0489. The van der Waals surface area contributed by atoms with Crippen LogP contribution in [0.25, 0.3) is 0 Å². The summed E-state index contributed by atoms with van der Waals surface area (Å²) in [5, 5.41) is 3.63. The van der Waals surface area contributed by atoms with Crippen LogP contribution < -0.4 is 26.7 Å². The highest BCUT2D eigenvalue weighted by molar-refractivity contribution is 6.31. The van der Waals surface area contributed by atoms with Gasteiger partial charge in [-0.15, -0.1) is 5.10 Å². The maximum Gasteiger partial charge on any atom is 0.157 e. The van der Waals surface area contributed by atoms with Gasteiger partial charge in [-0.05, 0) is 18.8 Å². The number of ether oxygens (including phenoxy) is 1. The molecule has 0 atom stereocenters. The average molecular weight is 314 g/mol. The molecular formula is C13H17ClFN5O. The molecule has 114 valence electrons. The van der Waals surface area contributed by atoms with E-state index in [-0.39, 0.29) is 16.4 Å². The maximum absolute atomic E-state index is 14.4. The summed E-state index contributed by atoms with van der Waals surface area (Å²) in [6, 6.07) is 1.48. The van der Waals surface area contributed by atoms with E-state index in [1.54, 1.807) is 0 Å². The van der Waals surface area contributed by atoms with E-state index in [1.165, 1.54) is 18.9 Å². The van der Waals surface area contributed by atoms with Crippen molar-refractivity contribution in [1.29, 1.82) is 0 Å². The predicted octanol–water partition coefficient (Wildman–Crippen LogP) is 1.17. The lowest BCUT2D eigenvalue weighted by atomic mass is 10.1. The Morgan fingerprint density at radius 1 is 1.57 bits per heavy atom. The van der Waals surface area contributed by atoms with Crippen LogP contribution in [0, 0.1) is 11.7 Å². The number of fused-ring (bicyclic) bond motifs is 1. The van der Waals surface area contributed by atoms with E-state index in [0.29, 0.717) is 30.5 Å². The largest absolute Gasteiger partial charge is 0.489 e. The SMILES string of the molecule is NN/N=C(\N)c1c(F)c(Cl)cc2c1N(CC1CC1)CCO2. The molecule has 0 bridgehead atoms. The minimum atomic E-state index is -0.613. The Bertz CT molecular complexity index is 590. The molecule has 1 heterocycles. The summed E-state index contributed by atoms with van der Waals surface area (Å²) in [5.41, 5.74) is 8.65. The topological polar surface area (TPSA) is 88.9 Å². The first-order valence-electron chi connectivity index (χ1n) is 6.80. The van der Waals surface area contributed by atoms with Crippen molar-refractivity contribution in [2.24, 2.45) is 22.6 Å². The number of amidine groups is 1. The number of hydrogen-bond acceptors (Lipinski definition) is 5. The van der Waals surface area contributed by atoms with Gasteiger partial charge in [0.25, 0.3) is 0 Å². The van der Waals surface area contributed by atoms with Crippen LogP contribution in [-0.2, 0) is 0 Å². The zero-order valence-corrected chi connectivity index (χ0v) is 12.2. The molecular weight excluding hydrogens is 297 g/mol. The normalized spacial score (nSPS) is 18.2. The van der Waals surface area contributed by atoms with Crippen molar-refractivity contribution in [3.63, 3.8) is 0 Å². The summed E-state index contributed by atoms with van der Waals surface area (Å²) < 4.78 is 20.1. The fourth-order valence-corrected chi connectivity index (χ4v) is 2.74. The van der Waals surface area contributed by atoms with Gasteiger partial charge in [0.2, 0.25) is 0 Å². The molecule has 1 saturated carbocycles. The second-order valence-corrected chi connectivity index (χ2v) is 5.67. The Labute approximate surface area is 126 Å². The van der Waals surface area contributed by atoms with E-state index in [0.717, 1.165) is 6.54 Å². The highest BCUT2D eigenvalue weighted by Crippen LogP contribution is 2.42. The molecule has 0 unspecified atom stereocenters. The summed E-state index contributed by atoms with van der Waals surface area (Å²) in [7, 11) is 0.